The summed E-state index contributed by atoms with van der Waals surface area (Å²) in [5.41, 5.74) is 7.10. The Bertz CT molecular complexity index is 396. The van der Waals surface area contributed by atoms with Crippen molar-refractivity contribution in [1.82, 2.24) is 0 Å². The highest BCUT2D eigenvalue weighted by molar-refractivity contribution is 5.37. The van der Waals surface area contributed by atoms with Crippen LogP contribution in [0.4, 0.5) is 0 Å². The number of benzene rings is 1. The molecule has 1 aromatic rings. The number of para-hydroxylation sites is 1. The Balaban J connectivity index is 1.42. The number of nitrogens with two attached hydrogens (primary N) is 1. The molecule has 0 aromatic heterocycles. The molecule has 0 saturated heterocycles. The molecular formula is C16H23NO2. The van der Waals surface area contributed by atoms with Gasteiger partial charge in [0, 0.05) is 13.0 Å². The van der Waals surface area contributed by atoms with Crippen LogP contribution in [-0.2, 0) is 11.2 Å². The molecule has 3 heteroatoms. The number of hydrogen-bond acceptors (Lipinski definition) is 3. The molecular weight excluding hydrogens is 238 g/mol. The van der Waals surface area contributed by atoms with Crippen LogP contribution in [0.25, 0.3) is 0 Å². The molecule has 2 N–H and O–H groups in total. The van der Waals surface area contributed by atoms with Crippen LogP contribution in [0.5, 0.6) is 5.75 Å². The number of ether oxygens (including phenoxy) is 2. The van der Waals surface area contributed by atoms with E-state index in [1.54, 1.807) is 0 Å². The van der Waals surface area contributed by atoms with Gasteiger partial charge in [-0.2, -0.15) is 0 Å². The molecule has 1 aliphatic heterocycles. The lowest BCUT2D eigenvalue weighted by atomic mass is 9.97. The molecule has 2 aliphatic rings. The van der Waals surface area contributed by atoms with Crippen LogP contribution in [0.2, 0.25) is 0 Å². The van der Waals surface area contributed by atoms with Crippen molar-refractivity contribution < 1.29 is 9.47 Å². The monoisotopic (exact) mass is 261 g/mol. The minimum atomic E-state index is 0.190. The summed E-state index contributed by atoms with van der Waals surface area (Å²) in [7, 11) is 0. The van der Waals surface area contributed by atoms with Gasteiger partial charge in [0.05, 0.1) is 6.61 Å². The van der Waals surface area contributed by atoms with Crippen molar-refractivity contribution in [3.63, 3.8) is 0 Å². The lowest BCUT2D eigenvalue weighted by Crippen LogP contribution is -2.26. The third-order valence-corrected chi connectivity index (χ3v) is 4.47. The summed E-state index contributed by atoms with van der Waals surface area (Å²) < 4.78 is 11.8. The quantitative estimate of drug-likeness (QED) is 0.885. The first-order chi connectivity index (χ1) is 9.36. The van der Waals surface area contributed by atoms with Crippen molar-refractivity contribution in [2.75, 3.05) is 19.8 Å². The van der Waals surface area contributed by atoms with Gasteiger partial charge in [0.1, 0.15) is 11.9 Å². The summed E-state index contributed by atoms with van der Waals surface area (Å²) in [6.07, 6.45) is 5.02. The van der Waals surface area contributed by atoms with E-state index in [2.05, 4.69) is 12.1 Å². The van der Waals surface area contributed by atoms with Crippen LogP contribution < -0.4 is 10.5 Å². The van der Waals surface area contributed by atoms with Crippen molar-refractivity contribution in [2.24, 2.45) is 17.6 Å². The van der Waals surface area contributed by atoms with E-state index in [0.29, 0.717) is 18.4 Å². The third-order valence-electron chi connectivity index (χ3n) is 4.47. The number of fused-ring (bicyclic) bond motifs is 1. The first-order valence-corrected chi connectivity index (χ1v) is 7.39. The molecule has 1 heterocycles. The molecule has 3 atom stereocenters. The first kappa shape index (κ1) is 12.9. The van der Waals surface area contributed by atoms with Crippen LogP contribution in [0, 0.1) is 11.8 Å². The van der Waals surface area contributed by atoms with Crippen LogP contribution in [0.15, 0.2) is 24.3 Å². The Hall–Kier alpha value is -1.06. The summed E-state index contributed by atoms with van der Waals surface area (Å²) in [5, 5.41) is 0. The molecule has 0 bridgehead atoms. The molecule has 0 radical (unpaired) electrons. The van der Waals surface area contributed by atoms with Crippen molar-refractivity contribution in [1.29, 1.82) is 0 Å². The largest absolute Gasteiger partial charge is 0.487 e. The zero-order valence-corrected chi connectivity index (χ0v) is 11.4. The second-order valence-corrected chi connectivity index (χ2v) is 5.78. The predicted octanol–water partition coefficient (Wildman–Crippen LogP) is 2.38. The molecule has 19 heavy (non-hydrogen) atoms. The van der Waals surface area contributed by atoms with E-state index in [1.165, 1.54) is 24.8 Å². The normalized spacial score (nSPS) is 29.2. The fourth-order valence-corrected chi connectivity index (χ4v) is 3.34. The lowest BCUT2D eigenvalue weighted by Gasteiger charge is -2.19. The van der Waals surface area contributed by atoms with Crippen LogP contribution in [-0.4, -0.2) is 25.9 Å². The van der Waals surface area contributed by atoms with Gasteiger partial charge in [0.25, 0.3) is 0 Å². The average Bonchev–Trinajstić information content (AvgIpc) is 3.04. The maximum Gasteiger partial charge on any atom is 0.126 e. The summed E-state index contributed by atoms with van der Waals surface area (Å²) in [4.78, 5) is 0. The molecule has 3 rings (SSSR count). The Morgan fingerprint density at radius 3 is 2.84 bits per heavy atom. The van der Waals surface area contributed by atoms with E-state index < -0.39 is 0 Å². The fourth-order valence-electron chi connectivity index (χ4n) is 3.34. The van der Waals surface area contributed by atoms with Gasteiger partial charge in [-0.25, -0.2) is 0 Å². The molecule has 1 aliphatic carbocycles. The maximum absolute atomic E-state index is 5.88. The van der Waals surface area contributed by atoms with Crippen molar-refractivity contribution >= 4 is 0 Å². The fraction of sp³-hybridized carbons (Fsp3) is 0.625. The van der Waals surface area contributed by atoms with E-state index in [4.69, 9.17) is 15.2 Å². The molecule has 104 valence electrons. The predicted molar refractivity (Wildman–Crippen MR) is 75.3 cm³/mol. The van der Waals surface area contributed by atoms with Crippen molar-refractivity contribution in [3.05, 3.63) is 29.8 Å². The Kier molecular flexibility index (Phi) is 4.04. The van der Waals surface area contributed by atoms with Gasteiger partial charge in [-0.15, -0.1) is 0 Å². The second-order valence-electron chi connectivity index (χ2n) is 5.78. The highest BCUT2D eigenvalue weighted by atomic mass is 16.5. The number of rotatable bonds is 5. The molecule has 1 aromatic carbocycles. The lowest BCUT2D eigenvalue weighted by molar-refractivity contribution is 0.0344. The van der Waals surface area contributed by atoms with Crippen molar-refractivity contribution in [2.45, 2.75) is 31.8 Å². The molecule has 0 spiro atoms. The minimum Gasteiger partial charge on any atom is -0.487 e. The summed E-state index contributed by atoms with van der Waals surface area (Å²) in [5.74, 6) is 2.35. The van der Waals surface area contributed by atoms with Gasteiger partial charge in [-0.3, -0.25) is 0 Å². The van der Waals surface area contributed by atoms with Gasteiger partial charge in [-0.1, -0.05) is 24.6 Å². The zero-order valence-electron chi connectivity index (χ0n) is 11.4. The Morgan fingerprint density at radius 2 is 2.00 bits per heavy atom. The molecule has 3 unspecified atom stereocenters. The zero-order chi connectivity index (χ0) is 13.1. The number of hydrogen-bond donors (Lipinski definition) is 1. The standard InChI is InChI=1S/C16H23NO2/c17-9-13-5-3-6-14(13)10-18-11-15-8-12-4-1-2-7-16(12)19-15/h1-2,4,7,13-15H,3,5-6,8-11,17H2. The average molecular weight is 261 g/mol. The molecule has 1 fully saturated rings. The summed E-state index contributed by atoms with van der Waals surface area (Å²) in [6.45, 7) is 2.35. The Morgan fingerprint density at radius 1 is 1.16 bits per heavy atom. The van der Waals surface area contributed by atoms with Crippen LogP contribution in [0.1, 0.15) is 24.8 Å². The molecule has 0 amide bonds. The smallest absolute Gasteiger partial charge is 0.126 e. The maximum atomic E-state index is 5.88. The van der Waals surface area contributed by atoms with Gasteiger partial charge in [-0.05, 0) is 42.9 Å². The topological polar surface area (TPSA) is 44.5 Å². The second kappa shape index (κ2) is 5.93. The molecule has 3 nitrogen and oxygen atoms in total. The summed E-state index contributed by atoms with van der Waals surface area (Å²) in [6, 6.07) is 8.26. The highest BCUT2D eigenvalue weighted by Crippen LogP contribution is 2.32. The Labute approximate surface area is 115 Å². The van der Waals surface area contributed by atoms with Crippen LogP contribution in [0.3, 0.4) is 0 Å². The third kappa shape index (κ3) is 2.93. The van der Waals surface area contributed by atoms with E-state index in [-0.39, 0.29) is 6.10 Å². The van der Waals surface area contributed by atoms with Crippen molar-refractivity contribution in [3.8, 4) is 5.75 Å². The SMILES string of the molecule is NCC1CCCC1COCC1Cc2ccccc2O1. The van der Waals surface area contributed by atoms with E-state index >= 15 is 0 Å². The van der Waals surface area contributed by atoms with Gasteiger partial charge in [0.15, 0.2) is 0 Å². The van der Waals surface area contributed by atoms with Gasteiger partial charge < -0.3 is 15.2 Å². The first-order valence-electron chi connectivity index (χ1n) is 7.39. The van der Waals surface area contributed by atoms with E-state index in [1.807, 2.05) is 12.1 Å². The minimum absolute atomic E-state index is 0.190. The molecule has 1 saturated carbocycles. The highest BCUT2D eigenvalue weighted by Gasteiger charge is 2.27. The van der Waals surface area contributed by atoms with Crippen LogP contribution >= 0.6 is 0 Å². The summed E-state index contributed by atoms with van der Waals surface area (Å²) >= 11 is 0. The van der Waals surface area contributed by atoms with Gasteiger partial charge >= 0.3 is 0 Å². The van der Waals surface area contributed by atoms with E-state index in [0.717, 1.165) is 25.3 Å². The van der Waals surface area contributed by atoms with E-state index in [9.17, 15) is 0 Å². The van der Waals surface area contributed by atoms with Gasteiger partial charge in [0.2, 0.25) is 0 Å².